The zero-order valence-corrected chi connectivity index (χ0v) is 17.6. The number of piperidine rings is 1. The Morgan fingerprint density at radius 1 is 1.19 bits per heavy atom. The molecule has 1 aliphatic heterocycles. The predicted molar refractivity (Wildman–Crippen MR) is 114 cm³/mol. The largest absolute Gasteiger partial charge is 0.356 e. The molecule has 2 N–H and O–H groups in total. The van der Waals surface area contributed by atoms with Crippen LogP contribution in [0.3, 0.4) is 0 Å². The van der Waals surface area contributed by atoms with E-state index < -0.39 is 0 Å². The van der Waals surface area contributed by atoms with Gasteiger partial charge in [-0.05, 0) is 37.8 Å². The molecule has 8 heteroatoms. The summed E-state index contributed by atoms with van der Waals surface area (Å²) in [6, 6.07) is 7.36. The van der Waals surface area contributed by atoms with Gasteiger partial charge in [0.05, 0.1) is 0 Å². The molecule has 0 aromatic carbocycles. The predicted octanol–water partition coefficient (Wildman–Crippen LogP) is 1.68. The number of pyridine rings is 1. The number of aliphatic imine (C=N–C) groups is 1. The second-order valence-corrected chi connectivity index (χ2v) is 6.98. The van der Waals surface area contributed by atoms with E-state index in [4.69, 9.17) is 0 Å². The van der Waals surface area contributed by atoms with Gasteiger partial charge in [-0.2, -0.15) is 0 Å². The molecule has 142 valence electrons. The zero-order valence-electron chi connectivity index (χ0n) is 15.3. The van der Waals surface area contributed by atoms with Gasteiger partial charge < -0.3 is 15.5 Å². The number of nitrogens with zero attached hydrogens (tertiary/aromatic N) is 5. The lowest BCUT2D eigenvalue weighted by molar-refractivity contribution is 0.197. The van der Waals surface area contributed by atoms with Crippen LogP contribution in [0.15, 0.2) is 29.4 Å². The van der Waals surface area contributed by atoms with Gasteiger partial charge in [0.2, 0.25) is 0 Å². The Balaban J connectivity index is 0.00000196. The molecule has 2 fully saturated rings. The molecule has 1 aliphatic carbocycles. The molecule has 1 saturated carbocycles. The second kappa shape index (κ2) is 8.98. The number of likely N-dealkylation sites (tertiary alicyclic amines) is 1. The van der Waals surface area contributed by atoms with Gasteiger partial charge in [0.25, 0.3) is 0 Å². The van der Waals surface area contributed by atoms with E-state index in [0.29, 0.717) is 6.04 Å². The molecule has 0 atom stereocenters. The van der Waals surface area contributed by atoms with E-state index in [0.717, 1.165) is 36.4 Å². The lowest BCUT2D eigenvalue weighted by atomic mass is 10.1. The monoisotopic (exact) mass is 469 g/mol. The number of hydrogen-bond acceptors (Lipinski definition) is 4. The first-order valence-electron chi connectivity index (χ1n) is 9.33. The van der Waals surface area contributed by atoms with Crippen LogP contribution in [0.4, 0.5) is 0 Å². The van der Waals surface area contributed by atoms with Gasteiger partial charge in [0.15, 0.2) is 11.6 Å². The first-order valence-corrected chi connectivity index (χ1v) is 9.33. The van der Waals surface area contributed by atoms with Crippen LogP contribution in [-0.4, -0.2) is 64.2 Å². The van der Waals surface area contributed by atoms with Crippen LogP contribution in [0.25, 0.3) is 5.65 Å². The van der Waals surface area contributed by atoms with E-state index in [1.165, 1.54) is 38.8 Å². The zero-order chi connectivity index (χ0) is 17.1. The molecule has 7 nitrogen and oxygen atoms in total. The molecule has 26 heavy (non-hydrogen) atoms. The van der Waals surface area contributed by atoms with Crippen LogP contribution >= 0.6 is 24.0 Å². The normalized spacial score (nSPS) is 19.3. The van der Waals surface area contributed by atoms with Crippen molar-refractivity contribution in [2.24, 2.45) is 4.99 Å². The highest BCUT2D eigenvalue weighted by Gasteiger charge is 2.31. The SMILES string of the molecule is CN=C(NCCc1nnc2ccccn12)NC1CCN(C2CC2)CC1.I. The standard InChI is InChI=1S/C18H27N7.HI/c1-19-18(21-14-8-12-24(13-9-14)15-5-6-15)20-10-7-17-23-22-16-4-2-3-11-25(16)17;/h2-4,11,14-15H,5-10,12-13H2,1H3,(H2,19,20,21);1H. The first kappa shape index (κ1) is 19.3. The maximum Gasteiger partial charge on any atom is 0.191 e. The van der Waals surface area contributed by atoms with Gasteiger partial charge >= 0.3 is 0 Å². The van der Waals surface area contributed by atoms with Crippen LogP contribution < -0.4 is 10.6 Å². The third-order valence-electron chi connectivity index (χ3n) is 5.18. The van der Waals surface area contributed by atoms with E-state index in [2.05, 4.69) is 30.7 Å². The summed E-state index contributed by atoms with van der Waals surface area (Å²) in [7, 11) is 1.83. The molecule has 3 heterocycles. The fourth-order valence-corrected chi connectivity index (χ4v) is 3.59. The summed E-state index contributed by atoms with van der Waals surface area (Å²) >= 11 is 0. The van der Waals surface area contributed by atoms with E-state index in [1.54, 1.807) is 0 Å². The fraction of sp³-hybridized carbons (Fsp3) is 0.611. The highest BCUT2D eigenvalue weighted by molar-refractivity contribution is 14.0. The van der Waals surface area contributed by atoms with Gasteiger partial charge in [0, 0.05) is 51.4 Å². The topological polar surface area (TPSA) is 69.8 Å². The smallest absolute Gasteiger partial charge is 0.191 e. The number of halogens is 1. The Morgan fingerprint density at radius 2 is 2.00 bits per heavy atom. The number of fused-ring (bicyclic) bond motifs is 1. The number of guanidine groups is 1. The number of hydrogen-bond donors (Lipinski definition) is 2. The van der Waals surface area contributed by atoms with Crippen LogP contribution in [-0.2, 0) is 6.42 Å². The number of aromatic nitrogens is 3. The highest BCUT2D eigenvalue weighted by Crippen LogP contribution is 2.29. The third kappa shape index (κ3) is 4.64. The average molecular weight is 469 g/mol. The highest BCUT2D eigenvalue weighted by atomic mass is 127. The van der Waals surface area contributed by atoms with Crippen molar-refractivity contribution in [2.75, 3.05) is 26.7 Å². The molecular weight excluding hydrogens is 441 g/mol. The Labute approximate surface area is 171 Å². The van der Waals surface area contributed by atoms with Crippen molar-refractivity contribution in [1.82, 2.24) is 30.1 Å². The van der Waals surface area contributed by atoms with Crippen molar-refractivity contribution in [3.8, 4) is 0 Å². The third-order valence-corrected chi connectivity index (χ3v) is 5.18. The van der Waals surface area contributed by atoms with E-state index in [9.17, 15) is 0 Å². The van der Waals surface area contributed by atoms with Crippen molar-refractivity contribution in [3.63, 3.8) is 0 Å². The summed E-state index contributed by atoms with van der Waals surface area (Å²) in [4.78, 5) is 7.01. The Bertz CT molecular complexity index is 732. The summed E-state index contributed by atoms with van der Waals surface area (Å²) in [5.41, 5.74) is 0.891. The van der Waals surface area contributed by atoms with Crippen LogP contribution in [0, 0.1) is 0 Å². The van der Waals surface area contributed by atoms with Gasteiger partial charge in [-0.3, -0.25) is 9.39 Å². The summed E-state index contributed by atoms with van der Waals surface area (Å²) in [6.45, 7) is 3.21. The van der Waals surface area contributed by atoms with Gasteiger partial charge in [-0.15, -0.1) is 34.2 Å². The van der Waals surface area contributed by atoms with E-state index >= 15 is 0 Å². The molecular formula is C18H28IN7. The summed E-state index contributed by atoms with van der Waals surface area (Å²) in [6.07, 6.45) is 8.02. The lowest BCUT2D eigenvalue weighted by Gasteiger charge is -2.33. The molecule has 2 aromatic heterocycles. The summed E-state index contributed by atoms with van der Waals surface area (Å²) < 4.78 is 2.03. The maximum absolute atomic E-state index is 4.37. The summed E-state index contributed by atoms with van der Waals surface area (Å²) in [5.74, 6) is 1.86. The van der Waals surface area contributed by atoms with Crippen LogP contribution in [0.5, 0.6) is 0 Å². The number of rotatable bonds is 5. The molecule has 2 aromatic rings. The van der Waals surface area contributed by atoms with E-state index in [1.807, 2.05) is 35.8 Å². The maximum atomic E-state index is 4.37. The molecule has 2 aliphatic rings. The molecule has 0 bridgehead atoms. The van der Waals surface area contributed by atoms with Gasteiger partial charge in [0.1, 0.15) is 5.82 Å². The van der Waals surface area contributed by atoms with Crippen molar-refractivity contribution >= 4 is 35.6 Å². The lowest BCUT2D eigenvalue weighted by Crippen LogP contribution is -2.49. The minimum Gasteiger partial charge on any atom is -0.356 e. The van der Waals surface area contributed by atoms with Crippen molar-refractivity contribution in [3.05, 3.63) is 30.2 Å². The second-order valence-electron chi connectivity index (χ2n) is 6.98. The summed E-state index contributed by atoms with van der Waals surface area (Å²) in [5, 5.41) is 15.4. The van der Waals surface area contributed by atoms with E-state index in [-0.39, 0.29) is 24.0 Å². The average Bonchev–Trinajstić information content (AvgIpc) is 3.43. The van der Waals surface area contributed by atoms with Crippen LogP contribution in [0.2, 0.25) is 0 Å². The fourth-order valence-electron chi connectivity index (χ4n) is 3.59. The van der Waals surface area contributed by atoms with Gasteiger partial charge in [-0.25, -0.2) is 0 Å². The Hall–Kier alpha value is -1.42. The molecule has 0 radical (unpaired) electrons. The molecule has 0 spiro atoms. The van der Waals surface area contributed by atoms with Crippen LogP contribution in [0.1, 0.15) is 31.5 Å². The van der Waals surface area contributed by atoms with Crippen molar-refractivity contribution < 1.29 is 0 Å². The minimum atomic E-state index is 0. The van der Waals surface area contributed by atoms with Crippen molar-refractivity contribution in [1.29, 1.82) is 0 Å². The number of nitrogens with one attached hydrogen (secondary N) is 2. The molecule has 0 unspecified atom stereocenters. The molecule has 0 amide bonds. The Morgan fingerprint density at radius 3 is 2.73 bits per heavy atom. The quantitative estimate of drug-likeness (QED) is 0.396. The Kier molecular flexibility index (Phi) is 6.68. The van der Waals surface area contributed by atoms with Gasteiger partial charge in [-0.1, -0.05) is 6.07 Å². The minimum absolute atomic E-state index is 0. The molecule has 4 rings (SSSR count). The van der Waals surface area contributed by atoms with Crippen molar-refractivity contribution in [2.45, 2.75) is 44.2 Å². The molecule has 1 saturated heterocycles. The first-order chi connectivity index (χ1) is 12.3.